The molecule has 18 heavy (non-hydrogen) atoms. The number of nitrogens with one attached hydrogen (secondary N) is 1. The summed E-state index contributed by atoms with van der Waals surface area (Å²) in [5.41, 5.74) is 0. The van der Waals surface area contributed by atoms with E-state index in [0.29, 0.717) is 19.0 Å². The molecule has 1 aliphatic heterocycles. The average molecular weight is 252 g/mol. The highest BCUT2D eigenvalue weighted by molar-refractivity contribution is 5.89. The summed E-state index contributed by atoms with van der Waals surface area (Å²) in [7, 11) is 0. The zero-order chi connectivity index (χ0) is 13.1. The molecule has 1 heterocycles. The van der Waals surface area contributed by atoms with Crippen molar-refractivity contribution in [1.29, 1.82) is 0 Å². The lowest BCUT2D eigenvalue weighted by Gasteiger charge is -2.24. The molecule has 2 aliphatic rings. The van der Waals surface area contributed by atoms with Crippen LogP contribution < -0.4 is 5.32 Å². The average Bonchev–Trinajstić information content (AvgIpc) is 2.97. The van der Waals surface area contributed by atoms with Crippen molar-refractivity contribution in [1.82, 2.24) is 10.2 Å². The van der Waals surface area contributed by atoms with Crippen molar-refractivity contribution in [2.75, 3.05) is 6.54 Å². The number of hydrogen-bond donors (Lipinski definition) is 1. The molecule has 4 nitrogen and oxygen atoms in total. The van der Waals surface area contributed by atoms with Crippen LogP contribution in [0.3, 0.4) is 0 Å². The fourth-order valence-corrected chi connectivity index (χ4v) is 2.94. The van der Waals surface area contributed by atoms with Gasteiger partial charge in [-0.1, -0.05) is 19.8 Å². The van der Waals surface area contributed by atoms with Gasteiger partial charge in [0.2, 0.25) is 11.8 Å². The molecule has 0 bridgehead atoms. The summed E-state index contributed by atoms with van der Waals surface area (Å²) in [4.78, 5) is 26.0. The van der Waals surface area contributed by atoms with Crippen molar-refractivity contribution in [3.63, 3.8) is 0 Å². The number of carbonyl (C=O) groups excluding carboxylic acids is 2. The molecule has 0 unspecified atom stereocenters. The summed E-state index contributed by atoms with van der Waals surface area (Å²) >= 11 is 0. The van der Waals surface area contributed by atoms with E-state index in [1.165, 1.54) is 12.8 Å². The van der Waals surface area contributed by atoms with E-state index in [2.05, 4.69) is 12.2 Å². The first-order chi connectivity index (χ1) is 8.61. The molecule has 2 fully saturated rings. The van der Waals surface area contributed by atoms with E-state index in [0.717, 1.165) is 19.3 Å². The molecule has 2 atom stereocenters. The second-order valence-corrected chi connectivity index (χ2v) is 5.70. The highest BCUT2D eigenvalue weighted by atomic mass is 16.2. The van der Waals surface area contributed by atoms with Gasteiger partial charge >= 0.3 is 0 Å². The molecule has 1 aliphatic carbocycles. The van der Waals surface area contributed by atoms with E-state index in [-0.39, 0.29) is 23.8 Å². The van der Waals surface area contributed by atoms with Gasteiger partial charge in [-0.3, -0.25) is 9.59 Å². The summed E-state index contributed by atoms with van der Waals surface area (Å²) in [6.45, 7) is 4.69. The lowest BCUT2D eigenvalue weighted by Crippen LogP contribution is -2.39. The van der Waals surface area contributed by atoms with Gasteiger partial charge in [-0.25, -0.2) is 0 Å². The monoisotopic (exact) mass is 252 g/mol. The van der Waals surface area contributed by atoms with Gasteiger partial charge < -0.3 is 10.2 Å². The third-order valence-electron chi connectivity index (χ3n) is 4.30. The first-order valence-corrected chi connectivity index (χ1v) is 7.21. The van der Waals surface area contributed by atoms with Crippen LogP contribution in [0.15, 0.2) is 0 Å². The zero-order valence-corrected chi connectivity index (χ0v) is 11.4. The summed E-state index contributed by atoms with van der Waals surface area (Å²) in [6.07, 6.45) is 6.00. The van der Waals surface area contributed by atoms with E-state index in [1.807, 2.05) is 11.8 Å². The summed E-state index contributed by atoms with van der Waals surface area (Å²) < 4.78 is 0. The van der Waals surface area contributed by atoms with Crippen LogP contribution in [0.25, 0.3) is 0 Å². The number of amides is 2. The Morgan fingerprint density at radius 1 is 1.44 bits per heavy atom. The van der Waals surface area contributed by atoms with E-state index >= 15 is 0 Å². The SMILES string of the molecule is CC[C@H](C)NC(=O)[C@@H]1CC(=O)N(C2CCCC2)C1. The maximum atomic E-state index is 12.0. The smallest absolute Gasteiger partial charge is 0.225 e. The van der Waals surface area contributed by atoms with Gasteiger partial charge in [-0.05, 0) is 26.2 Å². The topological polar surface area (TPSA) is 49.4 Å². The molecule has 2 amide bonds. The van der Waals surface area contributed by atoms with Gasteiger partial charge in [0.05, 0.1) is 5.92 Å². The molecule has 102 valence electrons. The van der Waals surface area contributed by atoms with Gasteiger partial charge in [-0.2, -0.15) is 0 Å². The number of carbonyl (C=O) groups is 2. The number of likely N-dealkylation sites (tertiary alicyclic amines) is 1. The van der Waals surface area contributed by atoms with Crippen molar-refractivity contribution in [2.24, 2.45) is 5.92 Å². The fraction of sp³-hybridized carbons (Fsp3) is 0.857. The minimum atomic E-state index is -0.132. The highest BCUT2D eigenvalue weighted by Gasteiger charge is 2.38. The third-order valence-corrected chi connectivity index (χ3v) is 4.30. The van der Waals surface area contributed by atoms with E-state index in [9.17, 15) is 9.59 Å². The molecule has 0 spiro atoms. The zero-order valence-electron chi connectivity index (χ0n) is 11.4. The van der Waals surface area contributed by atoms with Gasteiger partial charge in [0, 0.05) is 25.0 Å². The van der Waals surface area contributed by atoms with Crippen LogP contribution in [0, 0.1) is 5.92 Å². The minimum Gasteiger partial charge on any atom is -0.353 e. The van der Waals surface area contributed by atoms with Crippen molar-refractivity contribution >= 4 is 11.8 Å². The molecule has 2 rings (SSSR count). The normalized spacial score (nSPS) is 26.7. The Kier molecular flexibility index (Phi) is 4.25. The van der Waals surface area contributed by atoms with Crippen molar-refractivity contribution in [3.05, 3.63) is 0 Å². The van der Waals surface area contributed by atoms with Crippen molar-refractivity contribution in [2.45, 2.75) is 64.5 Å². The molecule has 1 saturated heterocycles. The van der Waals surface area contributed by atoms with E-state index < -0.39 is 0 Å². The van der Waals surface area contributed by atoms with E-state index in [1.54, 1.807) is 0 Å². The maximum absolute atomic E-state index is 12.0. The molecular formula is C14H24N2O2. The second-order valence-electron chi connectivity index (χ2n) is 5.70. The first-order valence-electron chi connectivity index (χ1n) is 7.21. The van der Waals surface area contributed by atoms with Crippen LogP contribution in [0.4, 0.5) is 0 Å². The van der Waals surface area contributed by atoms with Gasteiger partial charge in [-0.15, -0.1) is 0 Å². The van der Waals surface area contributed by atoms with Gasteiger partial charge in [0.1, 0.15) is 0 Å². The fourth-order valence-electron chi connectivity index (χ4n) is 2.94. The Bertz CT molecular complexity index is 324. The van der Waals surface area contributed by atoms with Gasteiger partial charge in [0.15, 0.2) is 0 Å². The van der Waals surface area contributed by atoms with Crippen molar-refractivity contribution in [3.8, 4) is 0 Å². The summed E-state index contributed by atoms with van der Waals surface area (Å²) in [5.74, 6) is 0.0940. The van der Waals surface area contributed by atoms with Crippen LogP contribution in [-0.2, 0) is 9.59 Å². The summed E-state index contributed by atoms with van der Waals surface area (Å²) in [5, 5.41) is 2.99. The Morgan fingerprint density at radius 2 is 2.11 bits per heavy atom. The minimum absolute atomic E-state index is 0.0539. The van der Waals surface area contributed by atoms with Crippen LogP contribution in [0.1, 0.15) is 52.4 Å². The molecule has 0 aromatic carbocycles. The highest BCUT2D eigenvalue weighted by Crippen LogP contribution is 2.29. The number of nitrogens with zero attached hydrogens (tertiary/aromatic N) is 1. The quantitative estimate of drug-likeness (QED) is 0.827. The molecule has 1 saturated carbocycles. The molecule has 4 heteroatoms. The van der Waals surface area contributed by atoms with Gasteiger partial charge in [0.25, 0.3) is 0 Å². The van der Waals surface area contributed by atoms with Crippen LogP contribution in [0.5, 0.6) is 0 Å². The number of rotatable bonds is 4. The maximum Gasteiger partial charge on any atom is 0.225 e. The largest absolute Gasteiger partial charge is 0.353 e. The molecule has 0 aromatic rings. The molecule has 0 aromatic heterocycles. The standard InChI is InChI=1S/C14H24N2O2/c1-3-10(2)15-14(18)11-8-13(17)16(9-11)12-6-4-5-7-12/h10-12H,3-9H2,1-2H3,(H,15,18)/t10-,11+/m0/s1. The predicted molar refractivity (Wildman–Crippen MR) is 70.0 cm³/mol. The molecular weight excluding hydrogens is 228 g/mol. The first kappa shape index (κ1) is 13.4. The van der Waals surface area contributed by atoms with E-state index in [4.69, 9.17) is 0 Å². The van der Waals surface area contributed by atoms with Crippen LogP contribution in [0.2, 0.25) is 0 Å². The van der Waals surface area contributed by atoms with Crippen LogP contribution in [-0.4, -0.2) is 35.3 Å². The second kappa shape index (κ2) is 5.72. The Balaban J connectivity index is 1.89. The Labute approximate surface area is 109 Å². The Morgan fingerprint density at radius 3 is 2.72 bits per heavy atom. The molecule has 1 N–H and O–H groups in total. The van der Waals surface area contributed by atoms with Crippen LogP contribution >= 0.6 is 0 Å². The summed E-state index contributed by atoms with van der Waals surface area (Å²) in [6, 6.07) is 0.604. The molecule has 0 radical (unpaired) electrons. The third kappa shape index (κ3) is 2.85. The predicted octanol–water partition coefficient (Wildman–Crippen LogP) is 1.69. The Hall–Kier alpha value is -1.06. The lowest BCUT2D eigenvalue weighted by molar-refractivity contribution is -0.130. The van der Waals surface area contributed by atoms with Crippen molar-refractivity contribution < 1.29 is 9.59 Å². The number of hydrogen-bond acceptors (Lipinski definition) is 2. The lowest BCUT2D eigenvalue weighted by atomic mass is 10.1.